The first-order chi connectivity index (χ1) is 7.11. The molecule has 0 spiro atoms. The quantitative estimate of drug-likeness (QED) is 0.802. The van der Waals surface area contributed by atoms with Gasteiger partial charge in [0.2, 0.25) is 0 Å². The van der Waals surface area contributed by atoms with Crippen LogP contribution in [0.25, 0.3) is 0 Å². The van der Waals surface area contributed by atoms with Crippen LogP contribution >= 0.6 is 12.4 Å². The highest BCUT2D eigenvalue weighted by atomic mass is 35.5. The maximum atomic E-state index is 13.3. The second-order valence-electron chi connectivity index (χ2n) is 3.97. The van der Waals surface area contributed by atoms with Crippen molar-refractivity contribution in [2.24, 2.45) is 11.7 Å². The van der Waals surface area contributed by atoms with E-state index in [1.807, 2.05) is 0 Å². The lowest BCUT2D eigenvalue weighted by Crippen LogP contribution is -2.28. The van der Waals surface area contributed by atoms with E-state index < -0.39 is 23.5 Å². The van der Waals surface area contributed by atoms with Crippen molar-refractivity contribution in [3.05, 3.63) is 35.1 Å². The molecule has 0 bridgehead atoms. The Kier molecular flexibility index (Phi) is 4.21. The van der Waals surface area contributed by atoms with Crippen molar-refractivity contribution >= 4 is 12.4 Å². The van der Waals surface area contributed by atoms with Gasteiger partial charge in [0, 0.05) is 11.6 Å². The van der Waals surface area contributed by atoms with E-state index in [-0.39, 0.29) is 23.9 Å². The molecule has 90 valence electrons. The van der Waals surface area contributed by atoms with Crippen molar-refractivity contribution in [3.8, 4) is 0 Å². The van der Waals surface area contributed by atoms with Crippen LogP contribution in [0.5, 0.6) is 0 Å². The molecule has 2 rings (SSSR count). The van der Waals surface area contributed by atoms with E-state index >= 15 is 0 Å². The van der Waals surface area contributed by atoms with Gasteiger partial charge < -0.3 is 5.73 Å². The fourth-order valence-electron chi connectivity index (χ4n) is 1.88. The van der Waals surface area contributed by atoms with Crippen molar-refractivity contribution in [2.75, 3.05) is 0 Å². The number of benzene rings is 1. The van der Waals surface area contributed by atoms with E-state index in [1.165, 1.54) is 0 Å². The summed E-state index contributed by atoms with van der Waals surface area (Å²) in [5.41, 5.74) is 5.42. The van der Waals surface area contributed by atoms with Gasteiger partial charge in [0.1, 0.15) is 5.82 Å². The summed E-state index contributed by atoms with van der Waals surface area (Å²) >= 11 is 0. The third kappa shape index (κ3) is 2.18. The average molecular weight is 252 g/mol. The second kappa shape index (κ2) is 5.06. The van der Waals surface area contributed by atoms with E-state index in [0.29, 0.717) is 0 Å². The summed E-state index contributed by atoms with van der Waals surface area (Å²) in [5.74, 6) is -2.86. The predicted octanol–water partition coefficient (Wildman–Crippen LogP) is 3.33. The molecule has 1 aromatic rings. The first-order valence-corrected chi connectivity index (χ1v) is 5.00. The predicted molar refractivity (Wildman–Crippen MR) is 57.8 cm³/mol. The van der Waals surface area contributed by atoms with Crippen molar-refractivity contribution in [1.82, 2.24) is 0 Å². The molecule has 0 aromatic heterocycles. The second-order valence-corrected chi connectivity index (χ2v) is 3.97. The van der Waals surface area contributed by atoms with Gasteiger partial charge >= 0.3 is 0 Å². The minimum Gasteiger partial charge on any atom is -0.324 e. The lowest BCUT2D eigenvalue weighted by atomic mass is 9.77. The highest BCUT2D eigenvalue weighted by Gasteiger charge is 2.30. The Bertz CT molecular complexity index is 380. The highest BCUT2D eigenvalue weighted by molar-refractivity contribution is 5.85. The molecule has 0 radical (unpaired) electrons. The first-order valence-electron chi connectivity index (χ1n) is 5.00. The van der Waals surface area contributed by atoms with Gasteiger partial charge in [0.05, 0.1) is 0 Å². The van der Waals surface area contributed by atoms with Crippen LogP contribution in [0.3, 0.4) is 0 Å². The summed E-state index contributed by atoms with van der Waals surface area (Å²) in [4.78, 5) is 0. The largest absolute Gasteiger partial charge is 0.324 e. The molecule has 1 atom stereocenters. The Balaban J connectivity index is 0.00000128. The Morgan fingerprint density at radius 2 is 1.69 bits per heavy atom. The maximum absolute atomic E-state index is 13.3. The fourth-order valence-corrected chi connectivity index (χ4v) is 1.88. The number of hydrogen-bond acceptors (Lipinski definition) is 1. The molecule has 5 heteroatoms. The van der Waals surface area contributed by atoms with Crippen LogP contribution < -0.4 is 5.73 Å². The van der Waals surface area contributed by atoms with Crippen molar-refractivity contribution in [1.29, 1.82) is 0 Å². The summed E-state index contributed by atoms with van der Waals surface area (Å²) in [6.45, 7) is 0. The highest BCUT2D eigenvalue weighted by Crippen LogP contribution is 2.38. The van der Waals surface area contributed by atoms with Gasteiger partial charge in [-0.15, -0.1) is 12.4 Å². The number of hydrogen-bond donors (Lipinski definition) is 1. The lowest BCUT2D eigenvalue weighted by molar-refractivity contribution is 0.254. The van der Waals surface area contributed by atoms with E-state index in [1.54, 1.807) is 0 Å². The zero-order chi connectivity index (χ0) is 11.0. The molecule has 1 aliphatic rings. The van der Waals surface area contributed by atoms with Crippen LogP contribution in [-0.2, 0) is 0 Å². The van der Waals surface area contributed by atoms with Crippen LogP contribution in [0.1, 0.15) is 30.9 Å². The van der Waals surface area contributed by atoms with Crippen molar-refractivity contribution < 1.29 is 13.2 Å². The molecule has 2 N–H and O–H groups in total. The van der Waals surface area contributed by atoms with Crippen LogP contribution in [0.4, 0.5) is 13.2 Å². The minimum atomic E-state index is -1.14. The standard InChI is InChI=1S/C11H12F3N.ClH/c12-7-4-5-8(13)10(14)9(7)11(15)6-2-1-3-6;/h4-6,11H,1-3,15H2;1H/t11-;/m1./s1. The topological polar surface area (TPSA) is 26.0 Å². The number of halogens is 4. The summed E-state index contributed by atoms with van der Waals surface area (Å²) in [7, 11) is 0. The van der Waals surface area contributed by atoms with Gasteiger partial charge in [0.15, 0.2) is 11.6 Å². The number of nitrogens with two attached hydrogens (primary N) is 1. The van der Waals surface area contributed by atoms with Gasteiger partial charge in [-0.3, -0.25) is 0 Å². The van der Waals surface area contributed by atoms with E-state index in [0.717, 1.165) is 31.4 Å². The van der Waals surface area contributed by atoms with Crippen LogP contribution in [-0.4, -0.2) is 0 Å². The minimum absolute atomic E-state index is 0. The Labute approximate surface area is 98.2 Å². The molecule has 0 aliphatic heterocycles. The van der Waals surface area contributed by atoms with Crippen LogP contribution in [0, 0.1) is 23.4 Å². The molecule has 1 fully saturated rings. The van der Waals surface area contributed by atoms with Crippen LogP contribution in [0.2, 0.25) is 0 Å². The molecule has 0 heterocycles. The van der Waals surface area contributed by atoms with E-state index in [2.05, 4.69) is 0 Å². The molecule has 1 saturated carbocycles. The number of rotatable bonds is 2. The van der Waals surface area contributed by atoms with Crippen molar-refractivity contribution in [2.45, 2.75) is 25.3 Å². The lowest BCUT2D eigenvalue weighted by Gasteiger charge is -2.31. The first kappa shape index (κ1) is 13.3. The Hall–Kier alpha value is -0.740. The Morgan fingerprint density at radius 3 is 2.19 bits per heavy atom. The average Bonchev–Trinajstić information content (AvgIpc) is 2.09. The molecule has 1 aromatic carbocycles. The monoisotopic (exact) mass is 251 g/mol. The fraction of sp³-hybridized carbons (Fsp3) is 0.455. The summed E-state index contributed by atoms with van der Waals surface area (Å²) in [5, 5.41) is 0. The molecule has 1 nitrogen and oxygen atoms in total. The summed E-state index contributed by atoms with van der Waals surface area (Å²) in [6.07, 6.45) is 2.74. The third-order valence-electron chi connectivity index (χ3n) is 3.07. The molecule has 16 heavy (non-hydrogen) atoms. The van der Waals surface area contributed by atoms with Gasteiger partial charge in [-0.05, 0) is 30.9 Å². The maximum Gasteiger partial charge on any atom is 0.166 e. The summed E-state index contributed by atoms with van der Waals surface area (Å²) in [6, 6.07) is 0.975. The van der Waals surface area contributed by atoms with Gasteiger partial charge in [0.25, 0.3) is 0 Å². The molecular weight excluding hydrogens is 239 g/mol. The van der Waals surface area contributed by atoms with Gasteiger partial charge in [-0.25, -0.2) is 13.2 Å². The van der Waals surface area contributed by atoms with Crippen molar-refractivity contribution in [3.63, 3.8) is 0 Å². The van der Waals surface area contributed by atoms with E-state index in [4.69, 9.17) is 5.73 Å². The molecular formula is C11H13ClF3N. The SMILES string of the molecule is Cl.N[C@@H](c1c(F)ccc(F)c1F)C1CCC1. The third-order valence-corrected chi connectivity index (χ3v) is 3.07. The Morgan fingerprint density at radius 1 is 1.12 bits per heavy atom. The molecule has 0 unspecified atom stereocenters. The molecule has 0 amide bonds. The van der Waals surface area contributed by atoms with E-state index in [9.17, 15) is 13.2 Å². The normalized spacial score (nSPS) is 17.5. The zero-order valence-corrected chi connectivity index (χ0v) is 9.37. The zero-order valence-electron chi connectivity index (χ0n) is 8.55. The van der Waals surface area contributed by atoms with Gasteiger partial charge in [-0.1, -0.05) is 6.42 Å². The van der Waals surface area contributed by atoms with Gasteiger partial charge in [-0.2, -0.15) is 0 Å². The smallest absolute Gasteiger partial charge is 0.166 e. The van der Waals surface area contributed by atoms with Crippen LogP contribution in [0.15, 0.2) is 12.1 Å². The molecule has 1 aliphatic carbocycles. The summed E-state index contributed by atoms with van der Waals surface area (Å²) < 4.78 is 39.6. The molecule has 0 saturated heterocycles.